The number of Topliss-reactive ketones (excluding diaryl/α,β-unsaturated/α-hetero) is 1. The normalized spacial score (nSPS) is 24.4. The van der Waals surface area contributed by atoms with E-state index in [2.05, 4.69) is 5.32 Å². The van der Waals surface area contributed by atoms with Gasteiger partial charge in [0.2, 0.25) is 0 Å². The van der Waals surface area contributed by atoms with Gasteiger partial charge in [0, 0.05) is 35.9 Å². The van der Waals surface area contributed by atoms with E-state index in [1.54, 1.807) is 12.1 Å². The summed E-state index contributed by atoms with van der Waals surface area (Å²) >= 11 is 12.8. The van der Waals surface area contributed by atoms with Gasteiger partial charge in [-0.1, -0.05) is 35.3 Å². The molecule has 0 spiro atoms. The van der Waals surface area contributed by atoms with Crippen LogP contribution in [0.4, 0.5) is 0 Å². The van der Waals surface area contributed by atoms with E-state index in [1.165, 1.54) is 0 Å². The number of dihydropyridines is 1. The van der Waals surface area contributed by atoms with Crippen molar-refractivity contribution in [1.82, 2.24) is 5.32 Å². The van der Waals surface area contributed by atoms with Crippen LogP contribution in [0.1, 0.15) is 50.5 Å². The maximum atomic E-state index is 13.1. The zero-order valence-electron chi connectivity index (χ0n) is 16.2. The van der Waals surface area contributed by atoms with Gasteiger partial charge in [-0.05, 0) is 44.2 Å². The molecule has 1 saturated heterocycles. The van der Waals surface area contributed by atoms with Gasteiger partial charge in [0.1, 0.15) is 6.61 Å². The first-order valence-electron chi connectivity index (χ1n) is 9.94. The standard InChI is InChI=1S/C22H23Cl2NO4/c1-12-18(22(27)29-11-13-5-4-10-28-13)19(14-6-2-7-15(23)21(14)24)20-16(25-12)8-3-9-17(20)26/h2,6-7,13,19,25H,3-5,8-11H2,1H3/t13-,19-/m1/s1. The molecule has 1 N–H and O–H groups in total. The highest BCUT2D eigenvalue weighted by molar-refractivity contribution is 6.42. The van der Waals surface area contributed by atoms with Gasteiger partial charge in [0.15, 0.2) is 5.78 Å². The van der Waals surface area contributed by atoms with Crippen LogP contribution in [0.5, 0.6) is 0 Å². The number of ketones is 1. The molecule has 1 fully saturated rings. The molecule has 154 valence electrons. The topological polar surface area (TPSA) is 64.6 Å². The molecular formula is C22H23Cl2NO4. The molecule has 1 aromatic rings. The van der Waals surface area contributed by atoms with Gasteiger partial charge in [-0.3, -0.25) is 4.79 Å². The SMILES string of the molecule is CC1=C(C(=O)OC[C@H]2CCCO2)[C@@H](c2cccc(Cl)c2Cl)C2=C(CCCC2=O)N1. The first-order chi connectivity index (χ1) is 14.0. The highest BCUT2D eigenvalue weighted by Crippen LogP contribution is 2.45. The zero-order valence-corrected chi connectivity index (χ0v) is 17.7. The maximum absolute atomic E-state index is 13.1. The van der Waals surface area contributed by atoms with Gasteiger partial charge in [-0.2, -0.15) is 0 Å². The van der Waals surface area contributed by atoms with Gasteiger partial charge >= 0.3 is 5.97 Å². The van der Waals surface area contributed by atoms with Crippen molar-refractivity contribution >= 4 is 35.0 Å². The Hall–Kier alpha value is -1.82. The van der Waals surface area contributed by atoms with Crippen LogP contribution in [0.2, 0.25) is 10.0 Å². The number of hydrogen-bond acceptors (Lipinski definition) is 5. The minimum atomic E-state index is -0.595. The molecule has 4 rings (SSSR count). The third-order valence-corrected chi connectivity index (χ3v) is 6.55. The second-order valence-corrected chi connectivity index (χ2v) is 8.43. The minimum Gasteiger partial charge on any atom is -0.459 e. The highest BCUT2D eigenvalue weighted by Gasteiger charge is 2.40. The van der Waals surface area contributed by atoms with Crippen molar-refractivity contribution in [1.29, 1.82) is 0 Å². The van der Waals surface area contributed by atoms with Crippen LogP contribution in [0.25, 0.3) is 0 Å². The molecule has 0 saturated carbocycles. The molecule has 7 heteroatoms. The number of rotatable bonds is 4. The summed E-state index contributed by atoms with van der Waals surface area (Å²) in [4.78, 5) is 26.0. The van der Waals surface area contributed by atoms with E-state index >= 15 is 0 Å². The highest BCUT2D eigenvalue weighted by atomic mass is 35.5. The number of hydrogen-bond donors (Lipinski definition) is 1. The lowest BCUT2D eigenvalue weighted by Gasteiger charge is -2.34. The largest absolute Gasteiger partial charge is 0.459 e. The Morgan fingerprint density at radius 1 is 1.28 bits per heavy atom. The van der Waals surface area contributed by atoms with Crippen molar-refractivity contribution in [2.75, 3.05) is 13.2 Å². The van der Waals surface area contributed by atoms with Crippen molar-refractivity contribution in [3.63, 3.8) is 0 Å². The van der Waals surface area contributed by atoms with E-state index in [-0.39, 0.29) is 18.5 Å². The predicted molar refractivity (Wildman–Crippen MR) is 111 cm³/mol. The smallest absolute Gasteiger partial charge is 0.336 e. The average Bonchev–Trinajstić information content (AvgIpc) is 3.21. The number of ether oxygens (including phenoxy) is 2. The van der Waals surface area contributed by atoms with Crippen LogP contribution < -0.4 is 5.32 Å². The summed E-state index contributed by atoms with van der Waals surface area (Å²) in [5, 5.41) is 4.01. The lowest BCUT2D eigenvalue weighted by molar-refractivity contribution is -0.142. The summed E-state index contributed by atoms with van der Waals surface area (Å²) in [5.74, 6) is -1.03. The summed E-state index contributed by atoms with van der Waals surface area (Å²) in [7, 11) is 0. The van der Waals surface area contributed by atoms with E-state index in [0.717, 1.165) is 31.4 Å². The number of halogens is 2. The van der Waals surface area contributed by atoms with Crippen molar-refractivity contribution < 1.29 is 19.1 Å². The molecule has 0 unspecified atom stereocenters. The Kier molecular flexibility index (Phi) is 6.00. The van der Waals surface area contributed by atoms with Gasteiger partial charge < -0.3 is 14.8 Å². The monoisotopic (exact) mass is 435 g/mol. The van der Waals surface area contributed by atoms with Crippen LogP contribution >= 0.6 is 23.2 Å². The number of carbonyl (C=O) groups excluding carboxylic acids is 2. The Morgan fingerprint density at radius 2 is 2.10 bits per heavy atom. The lowest BCUT2D eigenvalue weighted by Crippen LogP contribution is -2.35. The Bertz CT molecular complexity index is 915. The quantitative estimate of drug-likeness (QED) is 0.695. The van der Waals surface area contributed by atoms with E-state index in [1.807, 2.05) is 13.0 Å². The third kappa shape index (κ3) is 3.96. The molecule has 1 aliphatic carbocycles. The molecule has 1 aromatic carbocycles. The molecule has 2 atom stereocenters. The molecule has 0 radical (unpaired) electrons. The van der Waals surface area contributed by atoms with E-state index < -0.39 is 11.9 Å². The summed E-state index contributed by atoms with van der Waals surface area (Å²) < 4.78 is 11.2. The molecular weight excluding hydrogens is 413 g/mol. The molecule has 0 aromatic heterocycles. The molecule has 2 aliphatic heterocycles. The maximum Gasteiger partial charge on any atom is 0.336 e. The number of allylic oxidation sites excluding steroid dienone is 3. The van der Waals surface area contributed by atoms with Gasteiger partial charge in [0.05, 0.1) is 21.7 Å². The van der Waals surface area contributed by atoms with Crippen molar-refractivity contribution in [3.05, 3.63) is 56.3 Å². The first-order valence-corrected chi connectivity index (χ1v) is 10.7. The van der Waals surface area contributed by atoms with Crippen LogP contribution in [-0.4, -0.2) is 31.1 Å². The summed E-state index contributed by atoms with van der Waals surface area (Å²) in [5.41, 5.74) is 3.18. The molecule has 3 aliphatic rings. The Labute approximate surface area is 180 Å². The molecule has 2 heterocycles. The zero-order chi connectivity index (χ0) is 20.5. The predicted octanol–water partition coefficient (Wildman–Crippen LogP) is 4.68. The summed E-state index contributed by atoms with van der Waals surface area (Å²) in [6.07, 6.45) is 3.76. The number of esters is 1. The molecule has 29 heavy (non-hydrogen) atoms. The fraction of sp³-hybridized carbons (Fsp3) is 0.455. The fourth-order valence-electron chi connectivity index (χ4n) is 4.33. The van der Waals surface area contributed by atoms with Crippen LogP contribution in [0.15, 0.2) is 40.7 Å². The molecule has 5 nitrogen and oxygen atoms in total. The van der Waals surface area contributed by atoms with Crippen LogP contribution in [-0.2, 0) is 19.1 Å². The van der Waals surface area contributed by atoms with Gasteiger partial charge in [0.25, 0.3) is 0 Å². The van der Waals surface area contributed by atoms with Crippen molar-refractivity contribution in [2.24, 2.45) is 0 Å². The summed E-state index contributed by atoms with van der Waals surface area (Å²) in [6.45, 7) is 2.72. The van der Waals surface area contributed by atoms with E-state index in [0.29, 0.717) is 45.5 Å². The lowest BCUT2D eigenvalue weighted by atomic mass is 9.75. The second kappa shape index (κ2) is 8.50. The van der Waals surface area contributed by atoms with Crippen molar-refractivity contribution in [2.45, 2.75) is 51.0 Å². The average molecular weight is 436 g/mol. The molecule has 0 amide bonds. The first kappa shape index (κ1) is 20.5. The second-order valence-electron chi connectivity index (χ2n) is 7.64. The number of nitrogens with one attached hydrogen (secondary N) is 1. The Morgan fingerprint density at radius 3 is 2.86 bits per heavy atom. The minimum absolute atomic E-state index is 0.0247. The number of benzene rings is 1. The van der Waals surface area contributed by atoms with E-state index in [4.69, 9.17) is 32.7 Å². The summed E-state index contributed by atoms with van der Waals surface area (Å²) in [6, 6.07) is 5.29. The van der Waals surface area contributed by atoms with E-state index in [9.17, 15) is 9.59 Å². The van der Waals surface area contributed by atoms with Crippen molar-refractivity contribution in [3.8, 4) is 0 Å². The van der Waals surface area contributed by atoms with Crippen LogP contribution in [0, 0.1) is 0 Å². The van der Waals surface area contributed by atoms with Gasteiger partial charge in [-0.25, -0.2) is 4.79 Å². The third-order valence-electron chi connectivity index (χ3n) is 5.71. The van der Waals surface area contributed by atoms with Crippen LogP contribution in [0.3, 0.4) is 0 Å². The molecule has 0 bridgehead atoms. The van der Waals surface area contributed by atoms with Gasteiger partial charge in [-0.15, -0.1) is 0 Å². The Balaban J connectivity index is 1.74. The number of carbonyl (C=O) groups is 2. The fourth-order valence-corrected chi connectivity index (χ4v) is 4.75.